The Morgan fingerprint density at radius 2 is 1.83 bits per heavy atom. The number of aryl methyl sites for hydroxylation is 1. The molecular weight excluding hydrogens is 389 g/mol. The molecule has 29 heavy (non-hydrogen) atoms. The van der Waals surface area contributed by atoms with Crippen LogP contribution in [0.4, 0.5) is 18.0 Å². The zero-order valence-corrected chi connectivity index (χ0v) is 15.6. The summed E-state index contributed by atoms with van der Waals surface area (Å²) in [4.78, 5) is 25.1. The predicted octanol–water partition coefficient (Wildman–Crippen LogP) is 3.11. The van der Waals surface area contributed by atoms with Crippen LogP contribution < -0.4 is 15.4 Å². The van der Waals surface area contributed by atoms with Gasteiger partial charge in [0.05, 0.1) is 13.2 Å². The van der Waals surface area contributed by atoms with Crippen molar-refractivity contribution in [2.24, 2.45) is 5.92 Å². The standard InChI is InChI=1S/C20H19F3N2O4/c1-11-6-8-12(9-7-11)17(26)15-16(13-4-3-5-14(10-13)29-2)24-18(27)25-19(15,28)20(21,22)23/h3-10,15-16,28H,1-2H3,(H2,24,25,27). The maximum absolute atomic E-state index is 13.9. The number of ether oxygens (including phenoxy) is 1. The summed E-state index contributed by atoms with van der Waals surface area (Å²) in [6.45, 7) is 1.77. The normalized spacial score (nSPS) is 24.4. The van der Waals surface area contributed by atoms with E-state index >= 15 is 0 Å². The number of aliphatic hydroxyl groups is 1. The molecule has 6 nitrogen and oxygen atoms in total. The molecule has 1 saturated heterocycles. The van der Waals surface area contributed by atoms with Crippen molar-refractivity contribution in [3.63, 3.8) is 0 Å². The van der Waals surface area contributed by atoms with Crippen LogP contribution in [-0.2, 0) is 0 Å². The van der Waals surface area contributed by atoms with Gasteiger partial charge in [-0.3, -0.25) is 4.79 Å². The lowest BCUT2D eigenvalue weighted by molar-refractivity contribution is -0.287. The number of carbonyl (C=O) groups excluding carboxylic acids is 2. The van der Waals surface area contributed by atoms with E-state index in [-0.39, 0.29) is 11.1 Å². The highest BCUT2D eigenvalue weighted by atomic mass is 19.4. The van der Waals surface area contributed by atoms with Crippen molar-refractivity contribution in [3.05, 3.63) is 65.2 Å². The molecule has 2 aromatic rings. The largest absolute Gasteiger partial charge is 0.497 e. The summed E-state index contributed by atoms with van der Waals surface area (Å²) in [5.41, 5.74) is -2.78. The first-order chi connectivity index (χ1) is 13.6. The van der Waals surface area contributed by atoms with Crippen molar-refractivity contribution >= 4 is 11.8 Å². The monoisotopic (exact) mass is 408 g/mol. The lowest BCUT2D eigenvalue weighted by Gasteiger charge is -2.45. The van der Waals surface area contributed by atoms with E-state index in [1.54, 1.807) is 25.1 Å². The minimum absolute atomic E-state index is 0.0193. The van der Waals surface area contributed by atoms with Gasteiger partial charge in [-0.2, -0.15) is 13.2 Å². The molecule has 1 fully saturated rings. The summed E-state index contributed by atoms with van der Waals surface area (Å²) in [5.74, 6) is -2.72. The molecule has 3 atom stereocenters. The Kier molecular flexibility index (Phi) is 5.27. The molecule has 3 rings (SSSR count). The second-order valence-corrected chi connectivity index (χ2v) is 6.82. The van der Waals surface area contributed by atoms with Crippen LogP contribution in [-0.4, -0.2) is 35.9 Å². The first kappa shape index (κ1) is 20.7. The Morgan fingerprint density at radius 3 is 2.41 bits per heavy atom. The Bertz CT molecular complexity index is 930. The third-order valence-electron chi connectivity index (χ3n) is 4.88. The Balaban J connectivity index is 2.16. The van der Waals surface area contributed by atoms with E-state index in [2.05, 4.69) is 5.32 Å². The first-order valence-electron chi connectivity index (χ1n) is 8.69. The van der Waals surface area contributed by atoms with E-state index in [1.807, 2.05) is 0 Å². The van der Waals surface area contributed by atoms with Crippen molar-refractivity contribution in [3.8, 4) is 5.75 Å². The minimum atomic E-state index is -5.30. The second kappa shape index (κ2) is 7.40. The highest BCUT2D eigenvalue weighted by Gasteiger charge is 2.66. The number of urea groups is 1. The molecule has 2 aromatic carbocycles. The quantitative estimate of drug-likeness (QED) is 0.679. The van der Waals surface area contributed by atoms with Gasteiger partial charge in [-0.25, -0.2) is 4.79 Å². The number of rotatable bonds is 4. The van der Waals surface area contributed by atoms with E-state index in [0.29, 0.717) is 5.75 Å². The third-order valence-corrected chi connectivity index (χ3v) is 4.88. The van der Waals surface area contributed by atoms with Crippen LogP contribution in [0.2, 0.25) is 0 Å². The van der Waals surface area contributed by atoms with Gasteiger partial charge in [0.25, 0.3) is 0 Å². The smallest absolute Gasteiger partial charge is 0.437 e. The van der Waals surface area contributed by atoms with Crippen LogP contribution in [0.3, 0.4) is 0 Å². The first-order valence-corrected chi connectivity index (χ1v) is 8.69. The number of hydrogen-bond acceptors (Lipinski definition) is 4. The molecule has 154 valence electrons. The zero-order chi connectivity index (χ0) is 21.4. The molecule has 0 bridgehead atoms. The molecule has 3 N–H and O–H groups in total. The molecule has 0 spiro atoms. The van der Waals surface area contributed by atoms with Crippen LogP contribution >= 0.6 is 0 Å². The van der Waals surface area contributed by atoms with Gasteiger partial charge in [0.15, 0.2) is 5.78 Å². The fourth-order valence-corrected chi connectivity index (χ4v) is 3.35. The van der Waals surface area contributed by atoms with Crippen LogP contribution in [0, 0.1) is 12.8 Å². The van der Waals surface area contributed by atoms with Crippen LogP contribution in [0.25, 0.3) is 0 Å². The maximum Gasteiger partial charge on any atom is 0.437 e. The van der Waals surface area contributed by atoms with Gasteiger partial charge < -0.3 is 20.5 Å². The van der Waals surface area contributed by atoms with Crippen molar-refractivity contribution < 1.29 is 32.6 Å². The lowest BCUT2D eigenvalue weighted by atomic mass is 9.77. The molecular formula is C20H19F3N2O4. The number of benzene rings is 2. The molecule has 3 unspecified atom stereocenters. The third kappa shape index (κ3) is 3.77. The number of halogens is 3. The lowest BCUT2D eigenvalue weighted by Crippen LogP contribution is -2.72. The van der Waals surface area contributed by atoms with E-state index in [4.69, 9.17) is 4.74 Å². The van der Waals surface area contributed by atoms with E-state index in [9.17, 15) is 27.9 Å². The van der Waals surface area contributed by atoms with Gasteiger partial charge in [-0.15, -0.1) is 0 Å². The molecule has 0 radical (unpaired) electrons. The average molecular weight is 408 g/mol. The Hall–Kier alpha value is -3.07. The van der Waals surface area contributed by atoms with Crippen molar-refractivity contribution in [2.45, 2.75) is 24.9 Å². The maximum atomic E-state index is 13.9. The fourth-order valence-electron chi connectivity index (χ4n) is 3.35. The van der Waals surface area contributed by atoms with Crippen molar-refractivity contribution in [1.29, 1.82) is 0 Å². The van der Waals surface area contributed by atoms with E-state index in [1.165, 1.54) is 42.8 Å². The second-order valence-electron chi connectivity index (χ2n) is 6.82. The number of alkyl halides is 3. The van der Waals surface area contributed by atoms with Crippen LogP contribution in [0.15, 0.2) is 48.5 Å². The van der Waals surface area contributed by atoms with E-state index < -0.39 is 35.7 Å². The van der Waals surface area contributed by atoms with Gasteiger partial charge in [0, 0.05) is 5.56 Å². The molecule has 1 aliphatic rings. The van der Waals surface area contributed by atoms with Gasteiger partial charge in [-0.05, 0) is 24.6 Å². The fraction of sp³-hybridized carbons (Fsp3) is 0.300. The summed E-state index contributed by atoms with van der Waals surface area (Å²) in [6, 6.07) is 9.17. The number of carbonyl (C=O) groups is 2. The van der Waals surface area contributed by atoms with Gasteiger partial charge in [0.2, 0.25) is 5.72 Å². The average Bonchev–Trinajstić information content (AvgIpc) is 2.66. The summed E-state index contributed by atoms with van der Waals surface area (Å²) in [7, 11) is 1.38. The topological polar surface area (TPSA) is 87.7 Å². The van der Waals surface area contributed by atoms with Gasteiger partial charge in [-0.1, -0.05) is 42.0 Å². The number of nitrogens with one attached hydrogen (secondary N) is 2. The highest BCUT2D eigenvalue weighted by molar-refractivity contribution is 6.00. The van der Waals surface area contributed by atoms with Crippen molar-refractivity contribution in [2.75, 3.05) is 7.11 Å². The van der Waals surface area contributed by atoms with E-state index in [0.717, 1.165) is 5.56 Å². The molecule has 1 heterocycles. The summed E-state index contributed by atoms with van der Waals surface area (Å²) >= 11 is 0. The Morgan fingerprint density at radius 1 is 1.17 bits per heavy atom. The number of ketones is 1. The Labute approximate surface area is 164 Å². The van der Waals surface area contributed by atoms with Gasteiger partial charge >= 0.3 is 12.2 Å². The molecule has 0 saturated carbocycles. The molecule has 1 aliphatic heterocycles. The molecule has 9 heteroatoms. The summed E-state index contributed by atoms with van der Waals surface area (Å²) in [6.07, 6.45) is -5.30. The zero-order valence-electron chi connectivity index (χ0n) is 15.6. The van der Waals surface area contributed by atoms with Crippen molar-refractivity contribution in [1.82, 2.24) is 10.6 Å². The van der Waals surface area contributed by atoms with Crippen LogP contribution in [0.1, 0.15) is 27.5 Å². The predicted molar refractivity (Wildman–Crippen MR) is 97.4 cm³/mol. The minimum Gasteiger partial charge on any atom is -0.497 e. The summed E-state index contributed by atoms with van der Waals surface area (Å²) < 4.78 is 46.7. The molecule has 2 amide bonds. The SMILES string of the molecule is COc1cccc(C2NC(=O)NC(O)(C(F)(F)F)C2C(=O)c2ccc(C)cc2)c1. The number of methoxy groups -OCH3 is 1. The number of Topliss-reactive ketones (excluding diaryl/α,β-unsaturated/α-hetero) is 1. The van der Waals surface area contributed by atoms with Crippen LogP contribution in [0.5, 0.6) is 5.75 Å². The van der Waals surface area contributed by atoms with Gasteiger partial charge in [0.1, 0.15) is 11.7 Å². The summed E-state index contributed by atoms with van der Waals surface area (Å²) in [5, 5.41) is 14.4. The number of amides is 2. The highest BCUT2D eigenvalue weighted by Crippen LogP contribution is 2.44. The number of hydrogen-bond donors (Lipinski definition) is 3. The molecule has 0 aromatic heterocycles. The molecule has 0 aliphatic carbocycles.